The maximum Gasteiger partial charge on any atom is 0.138 e. The molecule has 1 aromatic rings. The van der Waals surface area contributed by atoms with Crippen molar-refractivity contribution in [1.82, 2.24) is 4.90 Å². The van der Waals surface area contributed by atoms with Gasteiger partial charge in [-0.25, -0.2) is 0 Å². The first-order valence-corrected chi connectivity index (χ1v) is 4.97. The van der Waals surface area contributed by atoms with Crippen LogP contribution in [-0.4, -0.2) is 26.1 Å². The fourth-order valence-corrected chi connectivity index (χ4v) is 1.67. The molecular formula is C10H13Cl2NO. The van der Waals surface area contributed by atoms with Crippen LogP contribution >= 0.6 is 23.2 Å². The molecule has 2 nitrogen and oxygen atoms in total. The highest BCUT2D eigenvalue weighted by atomic mass is 35.5. The number of benzene rings is 1. The lowest BCUT2D eigenvalue weighted by Gasteiger charge is -2.13. The molecule has 0 atom stereocenters. The summed E-state index contributed by atoms with van der Waals surface area (Å²) in [5.41, 5.74) is 1.00. The second-order valence-electron chi connectivity index (χ2n) is 3.29. The SMILES string of the molecule is COc1ccc(CN(C)C)c(Cl)c1Cl. The van der Waals surface area contributed by atoms with E-state index in [0.29, 0.717) is 15.8 Å². The van der Waals surface area contributed by atoms with Gasteiger partial charge in [0.1, 0.15) is 10.8 Å². The third kappa shape index (κ3) is 2.53. The third-order valence-electron chi connectivity index (χ3n) is 1.83. The minimum absolute atomic E-state index is 0.480. The van der Waals surface area contributed by atoms with E-state index >= 15 is 0 Å². The quantitative estimate of drug-likeness (QED) is 0.796. The Bertz CT molecular complexity index is 326. The van der Waals surface area contributed by atoms with Crippen molar-refractivity contribution in [2.75, 3.05) is 21.2 Å². The van der Waals surface area contributed by atoms with E-state index in [4.69, 9.17) is 27.9 Å². The Balaban J connectivity index is 3.04. The zero-order valence-corrected chi connectivity index (χ0v) is 9.99. The van der Waals surface area contributed by atoms with Gasteiger partial charge >= 0.3 is 0 Å². The average molecular weight is 234 g/mol. The summed E-state index contributed by atoms with van der Waals surface area (Å²) in [4.78, 5) is 2.03. The van der Waals surface area contributed by atoms with Crippen molar-refractivity contribution < 1.29 is 4.74 Å². The van der Waals surface area contributed by atoms with Gasteiger partial charge in [-0.05, 0) is 25.7 Å². The standard InChI is InChI=1S/C10H13Cl2NO/c1-13(2)6-7-4-5-8(14-3)10(12)9(7)11/h4-5H,6H2,1-3H3. The molecule has 0 radical (unpaired) electrons. The van der Waals surface area contributed by atoms with Gasteiger partial charge in [0.15, 0.2) is 0 Å². The smallest absolute Gasteiger partial charge is 0.138 e. The minimum atomic E-state index is 0.480. The predicted octanol–water partition coefficient (Wildman–Crippen LogP) is 3.06. The zero-order valence-electron chi connectivity index (χ0n) is 8.47. The summed E-state index contributed by atoms with van der Waals surface area (Å²) in [6, 6.07) is 3.75. The Labute approximate surface area is 94.4 Å². The summed E-state index contributed by atoms with van der Waals surface area (Å²) in [5, 5.41) is 1.05. The van der Waals surface area contributed by atoms with E-state index in [1.807, 2.05) is 31.1 Å². The third-order valence-corrected chi connectivity index (χ3v) is 2.74. The van der Waals surface area contributed by atoms with Crippen molar-refractivity contribution in [3.05, 3.63) is 27.7 Å². The van der Waals surface area contributed by atoms with Crippen molar-refractivity contribution in [1.29, 1.82) is 0 Å². The summed E-state index contributed by atoms with van der Waals surface area (Å²) in [6.45, 7) is 0.766. The fourth-order valence-electron chi connectivity index (χ4n) is 1.19. The Hall–Kier alpha value is -0.440. The molecule has 0 saturated carbocycles. The maximum absolute atomic E-state index is 6.08. The van der Waals surface area contributed by atoms with Crippen LogP contribution in [0, 0.1) is 0 Å². The van der Waals surface area contributed by atoms with E-state index in [9.17, 15) is 0 Å². The lowest BCUT2D eigenvalue weighted by molar-refractivity contribution is 0.400. The Kier molecular flexibility index (Phi) is 4.05. The molecule has 0 fully saturated rings. The number of ether oxygens (including phenoxy) is 1. The van der Waals surface area contributed by atoms with Crippen molar-refractivity contribution in [2.45, 2.75) is 6.54 Å². The van der Waals surface area contributed by atoms with E-state index in [1.54, 1.807) is 7.11 Å². The molecule has 0 aliphatic rings. The van der Waals surface area contributed by atoms with Crippen LogP contribution in [0.5, 0.6) is 5.75 Å². The van der Waals surface area contributed by atoms with Gasteiger partial charge in [0, 0.05) is 6.54 Å². The summed E-state index contributed by atoms with van der Waals surface area (Å²) in [6.07, 6.45) is 0. The van der Waals surface area contributed by atoms with Crippen LogP contribution in [-0.2, 0) is 6.54 Å². The van der Waals surface area contributed by atoms with E-state index in [2.05, 4.69) is 0 Å². The average Bonchev–Trinajstić information content (AvgIpc) is 2.13. The number of hydrogen-bond donors (Lipinski definition) is 0. The highest BCUT2D eigenvalue weighted by Gasteiger charge is 2.10. The molecule has 0 spiro atoms. The molecule has 1 rings (SSSR count). The number of halogens is 2. The van der Waals surface area contributed by atoms with E-state index < -0.39 is 0 Å². The molecule has 1 aromatic carbocycles. The molecule has 0 N–H and O–H groups in total. The van der Waals surface area contributed by atoms with Gasteiger partial charge in [-0.1, -0.05) is 29.3 Å². The molecule has 0 heterocycles. The molecule has 14 heavy (non-hydrogen) atoms. The zero-order chi connectivity index (χ0) is 10.7. The van der Waals surface area contributed by atoms with Gasteiger partial charge in [0.25, 0.3) is 0 Å². The van der Waals surface area contributed by atoms with Crippen LogP contribution in [0.2, 0.25) is 10.0 Å². The second kappa shape index (κ2) is 4.87. The highest BCUT2D eigenvalue weighted by Crippen LogP contribution is 2.34. The van der Waals surface area contributed by atoms with Gasteiger partial charge < -0.3 is 9.64 Å². The first kappa shape index (κ1) is 11.6. The van der Waals surface area contributed by atoms with Gasteiger partial charge in [0.2, 0.25) is 0 Å². The maximum atomic E-state index is 6.08. The van der Waals surface area contributed by atoms with Gasteiger partial charge in [-0.15, -0.1) is 0 Å². The summed E-state index contributed by atoms with van der Waals surface area (Å²) in [7, 11) is 5.53. The first-order valence-electron chi connectivity index (χ1n) is 4.22. The number of methoxy groups -OCH3 is 1. The fraction of sp³-hybridized carbons (Fsp3) is 0.400. The molecule has 0 unspecified atom stereocenters. The number of hydrogen-bond acceptors (Lipinski definition) is 2. The molecule has 0 bridgehead atoms. The Morgan fingerprint density at radius 3 is 2.36 bits per heavy atom. The number of nitrogens with zero attached hydrogens (tertiary/aromatic N) is 1. The normalized spacial score (nSPS) is 10.7. The minimum Gasteiger partial charge on any atom is -0.495 e. The lowest BCUT2D eigenvalue weighted by Crippen LogP contribution is -2.11. The molecular weight excluding hydrogens is 221 g/mol. The van der Waals surface area contributed by atoms with Crippen LogP contribution in [0.15, 0.2) is 12.1 Å². The van der Waals surface area contributed by atoms with Crippen molar-refractivity contribution >= 4 is 23.2 Å². The van der Waals surface area contributed by atoms with Crippen LogP contribution < -0.4 is 4.74 Å². The molecule has 0 aliphatic heterocycles. The first-order chi connectivity index (χ1) is 6.56. The second-order valence-corrected chi connectivity index (χ2v) is 4.05. The molecule has 0 aliphatic carbocycles. The Morgan fingerprint density at radius 2 is 1.86 bits per heavy atom. The summed E-state index contributed by atoms with van der Waals surface area (Å²) < 4.78 is 5.06. The van der Waals surface area contributed by atoms with Crippen molar-refractivity contribution in [2.24, 2.45) is 0 Å². The highest BCUT2D eigenvalue weighted by molar-refractivity contribution is 6.43. The van der Waals surface area contributed by atoms with Crippen molar-refractivity contribution in [3.8, 4) is 5.75 Å². The van der Waals surface area contributed by atoms with Gasteiger partial charge in [-0.2, -0.15) is 0 Å². The summed E-state index contributed by atoms with van der Waals surface area (Å²) >= 11 is 12.1. The topological polar surface area (TPSA) is 12.5 Å². The van der Waals surface area contributed by atoms with E-state index in [0.717, 1.165) is 12.1 Å². The number of rotatable bonds is 3. The van der Waals surface area contributed by atoms with Crippen LogP contribution in [0.25, 0.3) is 0 Å². The molecule has 4 heteroatoms. The van der Waals surface area contributed by atoms with E-state index in [1.165, 1.54) is 0 Å². The van der Waals surface area contributed by atoms with Crippen LogP contribution in [0.4, 0.5) is 0 Å². The van der Waals surface area contributed by atoms with Crippen molar-refractivity contribution in [3.63, 3.8) is 0 Å². The Morgan fingerprint density at radius 1 is 1.21 bits per heavy atom. The largest absolute Gasteiger partial charge is 0.495 e. The van der Waals surface area contributed by atoms with Crippen LogP contribution in [0.3, 0.4) is 0 Å². The lowest BCUT2D eigenvalue weighted by atomic mass is 10.2. The molecule has 0 saturated heterocycles. The molecule has 0 amide bonds. The van der Waals surface area contributed by atoms with Gasteiger partial charge in [-0.3, -0.25) is 0 Å². The summed E-state index contributed by atoms with van der Waals surface area (Å²) in [5.74, 6) is 0.610. The molecule has 0 aromatic heterocycles. The van der Waals surface area contributed by atoms with Gasteiger partial charge in [0.05, 0.1) is 12.1 Å². The van der Waals surface area contributed by atoms with E-state index in [-0.39, 0.29) is 0 Å². The van der Waals surface area contributed by atoms with Crippen LogP contribution in [0.1, 0.15) is 5.56 Å². The molecule has 78 valence electrons. The predicted molar refractivity (Wildman–Crippen MR) is 60.4 cm³/mol. The monoisotopic (exact) mass is 233 g/mol.